The molecule has 1 N–H and O–H groups in total. The van der Waals surface area contributed by atoms with E-state index in [-0.39, 0.29) is 44.2 Å². The van der Waals surface area contributed by atoms with Crippen molar-refractivity contribution in [1.82, 2.24) is 0 Å². The first-order valence-electron chi connectivity index (χ1n) is 2.74. The Kier molecular flexibility index (Phi) is 9.30. The van der Waals surface area contributed by atoms with Gasteiger partial charge in [-0.15, -0.1) is 0 Å². The summed E-state index contributed by atoms with van der Waals surface area (Å²) in [5.74, 6) is 0. The van der Waals surface area contributed by atoms with E-state index in [1.165, 1.54) is 0 Å². The van der Waals surface area contributed by atoms with Crippen LogP contribution in [0.15, 0.2) is 0 Å². The van der Waals surface area contributed by atoms with Gasteiger partial charge in [0, 0.05) is 0 Å². The largest absolute Gasteiger partial charge is 1.00 e. The number of phosphoric acid groups is 1. The molecule has 0 aromatic carbocycles. The SMILES string of the molecule is CCOP(=O)(O)OCC.[H-].[Na+]. The van der Waals surface area contributed by atoms with Crippen LogP contribution in [0.4, 0.5) is 0 Å². The van der Waals surface area contributed by atoms with Crippen LogP contribution >= 0.6 is 7.82 Å². The average Bonchev–Trinajstić information content (AvgIpc) is 1.64. The van der Waals surface area contributed by atoms with Crippen LogP contribution < -0.4 is 29.6 Å². The maximum atomic E-state index is 10.5. The quantitative estimate of drug-likeness (QED) is 0.411. The van der Waals surface area contributed by atoms with Crippen molar-refractivity contribution in [2.24, 2.45) is 0 Å². The molecule has 0 saturated carbocycles. The molecule has 0 aliphatic carbocycles. The average molecular weight is 178 g/mol. The Hall–Kier alpha value is 1.11. The predicted molar refractivity (Wildman–Crippen MR) is 34.2 cm³/mol. The minimum absolute atomic E-state index is 0. The first kappa shape index (κ1) is 13.7. The second-order valence-corrected chi connectivity index (χ2v) is 2.76. The summed E-state index contributed by atoms with van der Waals surface area (Å²) in [6.45, 7) is 3.63. The van der Waals surface area contributed by atoms with Crippen molar-refractivity contribution in [2.75, 3.05) is 13.2 Å². The topological polar surface area (TPSA) is 55.8 Å². The van der Waals surface area contributed by atoms with E-state index in [1.54, 1.807) is 13.8 Å². The number of hydrogen-bond donors (Lipinski definition) is 1. The van der Waals surface area contributed by atoms with Gasteiger partial charge in [-0.1, -0.05) is 0 Å². The van der Waals surface area contributed by atoms with Crippen LogP contribution in [0, 0.1) is 0 Å². The Morgan fingerprint density at radius 2 is 1.70 bits per heavy atom. The molecule has 0 radical (unpaired) electrons. The van der Waals surface area contributed by atoms with E-state index in [4.69, 9.17) is 4.89 Å². The number of hydrogen-bond acceptors (Lipinski definition) is 3. The third-order valence-electron chi connectivity index (χ3n) is 0.584. The fourth-order valence-corrected chi connectivity index (χ4v) is 1.09. The van der Waals surface area contributed by atoms with Gasteiger partial charge in [-0.2, -0.15) is 0 Å². The van der Waals surface area contributed by atoms with E-state index in [1.807, 2.05) is 0 Å². The molecule has 0 amide bonds. The number of rotatable bonds is 4. The van der Waals surface area contributed by atoms with Gasteiger partial charge in [-0.05, 0) is 13.8 Å². The molecule has 0 aliphatic heterocycles. The third kappa shape index (κ3) is 7.22. The maximum Gasteiger partial charge on any atom is 1.00 e. The van der Waals surface area contributed by atoms with Crippen LogP contribution in [0.3, 0.4) is 0 Å². The zero-order chi connectivity index (χ0) is 7.33. The van der Waals surface area contributed by atoms with Gasteiger partial charge in [-0.3, -0.25) is 9.05 Å². The van der Waals surface area contributed by atoms with Crippen molar-refractivity contribution in [3.05, 3.63) is 0 Å². The summed E-state index contributed by atoms with van der Waals surface area (Å²) >= 11 is 0. The Labute approximate surface area is 84.3 Å². The smallest absolute Gasteiger partial charge is 1.00 e. The summed E-state index contributed by atoms with van der Waals surface area (Å²) < 4.78 is 19.2. The monoisotopic (exact) mass is 178 g/mol. The molecular weight excluding hydrogens is 166 g/mol. The molecule has 0 aromatic heterocycles. The predicted octanol–water partition coefficient (Wildman–Crippen LogP) is -1.72. The van der Waals surface area contributed by atoms with E-state index in [0.29, 0.717) is 0 Å². The molecule has 0 fully saturated rings. The molecule has 0 rings (SSSR count). The fraction of sp³-hybridized carbons (Fsp3) is 1.00. The van der Waals surface area contributed by atoms with Gasteiger partial charge in [0.05, 0.1) is 13.2 Å². The van der Waals surface area contributed by atoms with Crippen LogP contribution in [0.2, 0.25) is 0 Å². The summed E-state index contributed by atoms with van der Waals surface area (Å²) in [6, 6.07) is 0. The Morgan fingerprint density at radius 1 is 1.40 bits per heavy atom. The van der Waals surface area contributed by atoms with Crippen molar-refractivity contribution in [2.45, 2.75) is 13.8 Å². The summed E-state index contributed by atoms with van der Waals surface area (Å²) in [5.41, 5.74) is 0. The van der Waals surface area contributed by atoms with Gasteiger partial charge in [-0.25, -0.2) is 4.57 Å². The first-order valence-corrected chi connectivity index (χ1v) is 4.23. The molecule has 10 heavy (non-hydrogen) atoms. The molecule has 0 heterocycles. The normalized spacial score (nSPS) is 10.7. The molecule has 0 spiro atoms. The first-order chi connectivity index (χ1) is 4.12. The summed E-state index contributed by atoms with van der Waals surface area (Å²) in [6.07, 6.45) is 0. The molecular formula is C4H12NaO4P. The second-order valence-electron chi connectivity index (χ2n) is 1.30. The van der Waals surface area contributed by atoms with Gasteiger partial charge >= 0.3 is 37.4 Å². The molecule has 0 aliphatic rings. The molecule has 4 nitrogen and oxygen atoms in total. The van der Waals surface area contributed by atoms with E-state index in [0.717, 1.165) is 0 Å². The van der Waals surface area contributed by atoms with Crippen LogP contribution in [0.1, 0.15) is 15.3 Å². The number of phosphoric ester groups is 1. The third-order valence-corrected chi connectivity index (χ3v) is 1.75. The van der Waals surface area contributed by atoms with Crippen molar-refractivity contribution in [3.63, 3.8) is 0 Å². The van der Waals surface area contributed by atoms with Gasteiger partial charge in [0.25, 0.3) is 0 Å². The van der Waals surface area contributed by atoms with Crippen LogP contribution in [0.5, 0.6) is 0 Å². The van der Waals surface area contributed by atoms with Crippen LogP contribution in [-0.2, 0) is 13.6 Å². The summed E-state index contributed by atoms with van der Waals surface area (Å²) in [7, 11) is -3.69. The van der Waals surface area contributed by atoms with E-state index < -0.39 is 7.82 Å². The van der Waals surface area contributed by atoms with E-state index >= 15 is 0 Å². The zero-order valence-corrected chi connectivity index (χ0v) is 9.43. The second kappa shape index (κ2) is 6.80. The standard InChI is InChI=1S/C4H11O4P.Na.H/c1-3-7-9(5,6)8-4-2;;/h3-4H2,1-2H3,(H,5,6);;/q;+1;-1. The van der Waals surface area contributed by atoms with E-state index in [2.05, 4.69) is 9.05 Å². The van der Waals surface area contributed by atoms with Gasteiger partial charge < -0.3 is 6.32 Å². The van der Waals surface area contributed by atoms with Crippen molar-refractivity contribution < 1.29 is 49.5 Å². The summed E-state index contributed by atoms with van der Waals surface area (Å²) in [4.78, 5) is 8.63. The molecule has 0 saturated heterocycles. The van der Waals surface area contributed by atoms with Gasteiger partial charge in [0.15, 0.2) is 0 Å². The molecule has 58 valence electrons. The molecule has 0 bridgehead atoms. The van der Waals surface area contributed by atoms with Crippen molar-refractivity contribution >= 4 is 7.82 Å². The molecule has 0 atom stereocenters. The van der Waals surface area contributed by atoms with Crippen molar-refractivity contribution in [3.8, 4) is 0 Å². The minimum atomic E-state index is -3.69. The zero-order valence-electron chi connectivity index (χ0n) is 7.53. The molecule has 0 aromatic rings. The molecule has 6 heteroatoms. The Bertz CT molecular complexity index is 113. The molecule has 0 unspecified atom stereocenters. The Balaban J connectivity index is -0.000000320. The van der Waals surface area contributed by atoms with E-state index in [9.17, 15) is 4.57 Å². The minimum Gasteiger partial charge on any atom is -1.00 e. The van der Waals surface area contributed by atoms with Gasteiger partial charge in [0.1, 0.15) is 0 Å². The summed E-state index contributed by atoms with van der Waals surface area (Å²) in [5, 5.41) is 0. The fourth-order valence-electron chi connectivity index (χ4n) is 0.364. The van der Waals surface area contributed by atoms with Crippen LogP contribution in [0.25, 0.3) is 0 Å². The maximum absolute atomic E-state index is 10.5. The van der Waals surface area contributed by atoms with Crippen LogP contribution in [-0.4, -0.2) is 18.1 Å². The Morgan fingerprint density at radius 3 is 1.90 bits per heavy atom. The van der Waals surface area contributed by atoms with Gasteiger partial charge in [0.2, 0.25) is 0 Å². The van der Waals surface area contributed by atoms with Crippen molar-refractivity contribution in [1.29, 1.82) is 0 Å².